The summed E-state index contributed by atoms with van der Waals surface area (Å²) in [6, 6.07) is 0.171. The lowest BCUT2D eigenvalue weighted by atomic mass is 10.5. The van der Waals surface area contributed by atoms with E-state index in [4.69, 9.17) is 0 Å². The average molecular weight is 85.1 g/mol. The van der Waals surface area contributed by atoms with Gasteiger partial charge in [-0.25, -0.2) is 0 Å². The van der Waals surface area contributed by atoms with Gasteiger partial charge in [-0.1, -0.05) is 12.1 Å². The first-order chi connectivity index (χ1) is 2.84. The van der Waals surface area contributed by atoms with Crippen molar-refractivity contribution in [3.8, 4) is 0 Å². The Hall–Kier alpha value is -0.400. The van der Waals surface area contributed by atoms with Gasteiger partial charge in [0.15, 0.2) is 0 Å². The van der Waals surface area contributed by atoms with Gasteiger partial charge >= 0.3 is 0 Å². The lowest BCUT2D eigenvalue weighted by Gasteiger charge is -1.67. The molecule has 2 heteroatoms. The Kier molecular flexibility index (Phi) is 0.650. The zero-order valence-corrected chi connectivity index (χ0v) is 3.72. The summed E-state index contributed by atoms with van der Waals surface area (Å²) in [5, 5.41) is 2.83. The maximum absolute atomic E-state index is 9.53. The molecular formula is C4H7NO. The van der Waals surface area contributed by atoms with Crippen LogP contribution in [-0.2, 0) is 0 Å². The fourth-order valence-corrected chi connectivity index (χ4v) is 0.449. The van der Waals surface area contributed by atoms with E-state index in [2.05, 4.69) is 5.18 Å². The normalized spacial score (nSPS) is 42.2. The van der Waals surface area contributed by atoms with Crippen LogP contribution in [0.3, 0.4) is 0 Å². The number of nitroso groups, excluding NO2 is 1. The standard InChI is InChI=1S/C4H7NO/c1-3-2-4(3)5-6/h3-4H,2H2,1H3/t3-,4?/m0/s1. The summed E-state index contributed by atoms with van der Waals surface area (Å²) in [6.07, 6.45) is 1.02. The van der Waals surface area contributed by atoms with Crippen molar-refractivity contribution in [3.63, 3.8) is 0 Å². The van der Waals surface area contributed by atoms with Crippen molar-refractivity contribution >= 4 is 0 Å². The largest absolute Gasteiger partial charge is 0.151 e. The molecule has 0 aromatic carbocycles. The molecule has 0 bridgehead atoms. The molecule has 0 radical (unpaired) electrons. The van der Waals surface area contributed by atoms with Crippen LogP contribution in [0.1, 0.15) is 13.3 Å². The van der Waals surface area contributed by atoms with Gasteiger partial charge in [-0.2, -0.15) is 4.91 Å². The van der Waals surface area contributed by atoms with Gasteiger partial charge in [-0.3, -0.25) is 0 Å². The third kappa shape index (κ3) is 0.421. The maximum Gasteiger partial charge on any atom is 0.0949 e. The van der Waals surface area contributed by atoms with E-state index < -0.39 is 0 Å². The molecule has 0 aromatic heterocycles. The predicted molar refractivity (Wildman–Crippen MR) is 23.4 cm³/mol. The number of hydrogen-bond acceptors (Lipinski definition) is 2. The molecule has 0 saturated heterocycles. The Morgan fingerprint density at radius 1 is 1.83 bits per heavy atom. The highest BCUT2D eigenvalue weighted by Crippen LogP contribution is 2.31. The molecule has 0 N–H and O–H groups in total. The van der Waals surface area contributed by atoms with Crippen molar-refractivity contribution in [1.29, 1.82) is 0 Å². The van der Waals surface area contributed by atoms with Crippen molar-refractivity contribution in [3.05, 3.63) is 4.91 Å². The number of nitrogens with zero attached hydrogens (tertiary/aromatic N) is 1. The van der Waals surface area contributed by atoms with Gasteiger partial charge in [-0.05, 0) is 12.3 Å². The first-order valence-corrected chi connectivity index (χ1v) is 2.17. The fourth-order valence-electron chi connectivity index (χ4n) is 0.449. The van der Waals surface area contributed by atoms with Crippen molar-refractivity contribution in [2.24, 2.45) is 11.1 Å². The molecule has 2 atom stereocenters. The van der Waals surface area contributed by atoms with E-state index in [1.165, 1.54) is 0 Å². The molecule has 1 aliphatic rings. The van der Waals surface area contributed by atoms with Crippen molar-refractivity contribution in [2.75, 3.05) is 0 Å². The first-order valence-electron chi connectivity index (χ1n) is 2.17. The van der Waals surface area contributed by atoms with Crippen LogP contribution in [-0.4, -0.2) is 6.04 Å². The highest BCUT2D eigenvalue weighted by molar-refractivity contribution is 4.88. The molecule has 1 aliphatic carbocycles. The summed E-state index contributed by atoms with van der Waals surface area (Å²) in [5.41, 5.74) is 0. The lowest BCUT2D eigenvalue weighted by molar-refractivity contribution is 0.890. The highest BCUT2D eigenvalue weighted by atomic mass is 16.3. The van der Waals surface area contributed by atoms with E-state index in [1.807, 2.05) is 6.92 Å². The molecule has 6 heavy (non-hydrogen) atoms. The molecule has 0 aliphatic heterocycles. The SMILES string of the molecule is C[C@H]1CC1N=O. The molecule has 2 nitrogen and oxygen atoms in total. The van der Waals surface area contributed by atoms with E-state index >= 15 is 0 Å². The minimum absolute atomic E-state index is 0.171. The quantitative estimate of drug-likeness (QED) is 0.439. The topological polar surface area (TPSA) is 29.4 Å². The summed E-state index contributed by atoms with van der Waals surface area (Å²) in [5.74, 6) is 0.586. The molecule has 1 fully saturated rings. The van der Waals surface area contributed by atoms with Gasteiger partial charge < -0.3 is 0 Å². The Bertz CT molecular complexity index is 71.9. The second kappa shape index (κ2) is 1.03. The molecule has 1 rings (SSSR count). The number of rotatable bonds is 1. The first kappa shape index (κ1) is 3.78. The third-order valence-corrected chi connectivity index (χ3v) is 1.20. The fraction of sp³-hybridized carbons (Fsp3) is 1.00. The van der Waals surface area contributed by atoms with Crippen LogP contribution in [0.25, 0.3) is 0 Å². The third-order valence-electron chi connectivity index (χ3n) is 1.20. The zero-order valence-electron chi connectivity index (χ0n) is 3.72. The summed E-state index contributed by atoms with van der Waals surface area (Å²) in [4.78, 5) is 9.53. The van der Waals surface area contributed by atoms with Crippen molar-refractivity contribution in [1.82, 2.24) is 0 Å². The van der Waals surface area contributed by atoms with E-state index in [9.17, 15) is 4.91 Å². The van der Waals surface area contributed by atoms with Crippen molar-refractivity contribution < 1.29 is 0 Å². The van der Waals surface area contributed by atoms with Crippen LogP contribution < -0.4 is 0 Å². The molecule has 0 spiro atoms. The summed E-state index contributed by atoms with van der Waals surface area (Å²) >= 11 is 0. The minimum Gasteiger partial charge on any atom is -0.151 e. The van der Waals surface area contributed by atoms with Gasteiger partial charge in [0, 0.05) is 0 Å². The Labute approximate surface area is 36.5 Å². The van der Waals surface area contributed by atoms with E-state index in [1.54, 1.807) is 0 Å². The molecular weight excluding hydrogens is 78.0 g/mol. The smallest absolute Gasteiger partial charge is 0.0949 e. The van der Waals surface area contributed by atoms with Gasteiger partial charge in [0.05, 0.1) is 6.04 Å². The molecule has 0 heterocycles. The van der Waals surface area contributed by atoms with E-state index in [-0.39, 0.29) is 6.04 Å². The van der Waals surface area contributed by atoms with Gasteiger partial charge in [0.2, 0.25) is 0 Å². The minimum atomic E-state index is 0.171. The van der Waals surface area contributed by atoms with Crippen LogP contribution >= 0.6 is 0 Å². The van der Waals surface area contributed by atoms with E-state index in [0.29, 0.717) is 5.92 Å². The van der Waals surface area contributed by atoms with E-state index in [0.717, 1.165) is 6.42 Å². The zero-order chi connectivity index (χ0) is 4.57. The van der Waals surface area contributed by atoms with Crippen LogP contribution in [0, 0.1) is 10.8 Å². The average Bonchev–Trinajstić information content (AvgIpc) is 2.19. The van der Waals surface area contributed by atoms with Crippen molar-refractivity contribution in [2.45, 2.75) is 19.4 Å². The second-order valence-electron chi connectivity index (χ2n) is 1.89. The number of hydrogen-bond donors (Lipinski definition) is 0. The molecule has 0 aromatic rings. The van der Waals surface area contributed by atoms with Gasteiger partial charge in [-0.15, -0.1) is 0 Å². The Morgan fingerprint density at radius 2 is 2.33 bits per heavy atom. The molecule has 34 valence electrons. The summed E-state index contributed by atoms with van der Waals surface area (Å²) in [6.45, 7) is 2.03. The molecule has 1 unspecified atom stereocenters. The Balaban J connectivity index is 2.25. The maximum atomic E-state index is 9.53. The lowest BCUT2D eigenvalue weighted by Crippen LogP contribution is -1.71. The predicted octanol–water partition coefficient (Wildman–Crippen LogP) is 1.16. The van der Waals surface area contributed by atoms with Crippen LogP contribution in [0.5, 0.6) is 0 Å². The molecule has 1 saturated carbocycles. The molecule has 0 amide bonds. The Morgan fingerprint density at radius 3 is 2.33 bits per heavy atom. The van der Waals surface area contributed by atoms with Crippen LogP contribution in [0.2, 0.25) is 0 Å². The highest BCUT2D eigenvalue weighted by Gasteiger charge is 2.33. The summed E-state index contributed by atoms with van der Waals surface area (Å²) in [7, 11) is 0. The van der Waals surface area contributed by atoms with Gasteiger partial charge in [0.1, 0.15) is 0 Å². The monoisotopic (exact) mass is 85.1 g/mol. The second-order valence-corrected chi connectivity index (χ2v) is 1.89. The summed E-state index contributed by atoms with van der Waals surface area (Å²) < 4.78 is 0. The van der Waals surface area contributed by atoms with Gasteiger partial charge in [0.25, 0.3) is 0 Å². The van der Waals surface area contributed by atoms with Crippen LogP contribution in [0.15, 0.2) is 5.18 Å². The van der Waals surface area contributed by atoms with Crippen LogP contribution in [0.4, 0.5) is 0 Å².